The van der Waals surface area contributed by atoms with E-state index in [9.17, 15) is 0 Å². The van der Waals surface area contributed by atoms with Crippen LogP contribution in [0.4, 0.5) is 0 Å². The summed E-state index contributed by atoms with van der Waals surface area (Å²) in [6.07, 6.45) is 3.75. The summed E-state index contributed by atoms with van der Waals surface area (Å²) in [6.45, 7) is 2.20. The summed E-state index contributed by atoms with van der Waals surface area (Å²) in [4.78, 5) is 4.22. The zero-order valence-corrected chi connectivity index (χ0v) is 15.0. The van der Waals surface area contributed by atoms with Crippen LogP contribution in [0, 0.1) is 6.92 Å². The third-order valence-corrected chi connectivity index (χ3v) is 7.07. The molecule has 0 saturated heterocycles. The van der Waals surface area contributed by atoms with E-state index in [-0.39, 0.29) is 0 Å². The molecule has 0 radical (unpaired) electrons. The number of nitrogens with zero attached hydrogens (tertiary/aromatic N) is 2. The van der Waals surface area contributed by atoms with Crippen LogP contribution in [-0.4, -0.2) is 4.98 Å². The van der Waals surface area contributed by atoms with Crippen molar-refractivity contribution < 1.29 is 4.57 Å². The minimum atomic E-state index is 1.21. The molecule has 0 aliphatic rings. The summed E-state index contributed by atoms with van der Waals surface area (Å²) in [5.41, 5.74) is 3.85. The summed E-state index contributed by atoms with van der Waals surface area (Å²) >= 11 is 3.82. The van der Waals surface area contributed by atoms with Gasteiger partial charge in [0.2, 0.25) is 0 Å². The molecule has 24 heavy (non-hydrogen) atoms. The van der Waals surface area contributed by atoms with Crippen molar-refractivity contribution in [2.75, 3.05) is 0 Å². The van der Waals surface area contributed by atoms with Crippen LogP contribution in [0.1, 0.15) is 5.56 Å². The highest BCUT2D eigenvalue weighted by Gasteiger charge is 2.19. The zero-order chi connectivity index (χ0) is 16.3. The van der Waals surface area contributed by atoms with Gasteiger partial charge in [-0.1, -0.05) is 35.3 Å². The lowest BCUT2D eigenvalue weighted by Crippen LogP contribution is -2.31. The molecule has 0 unspecified atom stereocenters. The normalized spacial score (nSPS) is 11.8. The molecule has 5 aromatic rings. The van der Waals surface area contributed by atoms with Crippen molar-refractivity contribution in [2.45, 2.75) is 6.92 Å². The van der Waals surface area contributed by atoms with Crippen LogP contribution in [0.15, 0.2) is 55.0 Å². The first kappa shape index (κ1) is 14.1. The Morgan fingerprint density at radius 2 is 1.83 bits per heavy atom. The minimum Gasteiger partial charge on any atom is -0.232 e. The molecule has 0 amide bonds. The van der Waals surface area contributed by atoms with Crippen LogP contribution >= 0.6 is 22.7 Å². The molecule has 5 rings (SSSR count). The van der Waals surface area contributed by atoms with Gasteiger partial charge < -0.3 is 0 Å². The predicted molar refractivity (Wildman–Crippen MR) is 104 cm³/mol. The standard InChI is InChI=1S/C20H15N2S2/c1-12-7-8-14-18-13-5-3-4-6-16(13)23-20(18)24-19(14)17(12)15-9-10-21-11-22(15)2/h3-11H,1-2H3/q+1. The number of fused-ring (bicyclic) bond motifs is 5. The van der Waals surface area contributed by atoms with E-state index in [0.717, 1.165) is 0 Å². The van der Waals surface area contributed by atoms with Gasteiger partial charge >= 0.3 is 0 Å². The molecule has 0 atom stereocenters. The molecule has 3 aromatic heterocycles. The predicted octanol–water partition coefficient (Wildman–Crippen LogP) is 5.46. The molecule has 2 nitrogen and oxygen atoms in total. The van der Waals surface area contributed by atoms with E-state index in [1.165, 1.54) is 46.4 Å². The number of rotatable bonds is 1. The topological polar surface area (TPSA) is 16.8 Å². The first-order valence-corrected chi connectivity index (χ1v) is 9.50. The van der Waals surface area contributed by atoms with Crippen molar-refractivity contribution >= 4 is 52.2 Å². The van der Waals surface area contributed by atoms with Crippen molar-refractivity contribution in [3.63, 3.8) is 0 Å². The van der Waals surface area contributed by atoms with Crippen molar-refractivity contribution in [3.05, 3.63) is 60.6 Å². The Morgan fingerprint density at radius 3 is 2.71 bits per heavy atom. The molecule has 4 heteroatoms. The number of aryl methyl sites for hydroxylation is 2. The maximum absolute atomic E-state index is 4.22. The number of thiophene rings is 2. The molecule has 2 aromatic carbocycles. The van der Waals surface area contributed by atoms with Crippen molar-refractivity contribution in [3.8, 4) is 11.3 Å². The molecule has 0 fully saturated rings. The molecule has 3 heterocycles. The quantitative estimate of drug-likeness (QED) is 0.368. The average Bonchev–Trinajstić information content (AvgIpc) is 3.11. The summed E-state index contributed by atoms with van der Waals surface area (Å²) in [5, 5.41) is 4.15. The van der Waals surface area contributed by atoms with Crippen molar-refractivity contribution in [1.29, 1.82) is 0 Å². The van der Waals surface area contributed by atoms with E-state index in [4.69, 9.17) is 0 Å². The summed E-state index contributed by atoms with van der Waals surface area (Å²) in [6, 6.07) is 15.4. The molecule has 0 saturated carbocycles. The molecule has 0 aliphatic heterocycles. The molecule has 0 bridgehead atoms. The Bertz CT molecular complexity index is 1230. The summed E-state index contributed by atoms with van der Waals surface area (Å²) in [7, 11) is 2.06. The van der Waals surface area contributed by atoms with E-state index in [1.807, 2.05) is 35.2 Å². The smallest absolute Gasteiger partial charge is 0.232 e. The van der Waals surface area contributed by atoms with Crippen molar-refractivity contribution in [1.82, 2.24) is 4.98 Å². The number of hydrogen-bond donors (Lipinski definition) is 0. The van der Waals surface area contributed by atoms with E-state index in [0.29, 0.717) is 0 Å². The second-order valence-corrected chi connectivity index (χ2v) is 8.40. The molecule has 0 aliphatic carbocycles. The Hall–Kier alpha value is -2.30. The lowest BCUT2D eigenvalue weighted by molar-refractivity contribution is -0.663. The van der Waals surface area contributed by atoms with E-state index in [2.05, 4.69) is 66.0 Å². The number of aromatic nitrogens is 2. The fourth-order valence-corrected chi connectivity index (χ4v) is 6.23. The van der Waals surface area contributed by atoms with E-state index in [1.54, 1.807) is 0 Å². The van der Waals surface area contributed by atoms with Gasteiger partial charge in [0, 0.05) is 37.2 Å². The third kappa shape index (κ3) is 1.87. The van der Waals surface area contributed by atoms with Crippen LogP contribution in [0.25, 0.3) is 40.8 Å². The second-order valence-electron chi connectivity index (χ2n) is 6.07. The molecular formula is C20H15N2S2+. The Balaban J connectivity index is 1.96. The minimum absolute atomic E-state index is 1.21. The van der Waals surface area contributed by atoms with Crippen LogP contribution in [0.3, 0.4) is 0 Å². The van der Waals surface area contributed by atoms with Gasteiger partial charge in [-0.2, -0.15) is 0 Å². The molecular weight excluding hydrogens is 332 g/mol. The fourth-order valence-electron chi connectivity index (χ4n) is 3.44. The zero-order valence-electron chi connectivity index (χ0n) is 13.4. The largest absolute Gasteiger partial charge is 0.286 e. The van der Waals surface area contributed by atoms with Gasteiger partial charge in [0.05, 0.1) is 11.1 Å². The Kier molecular flexibility index (Phi) is 2.99. The van der Waals surface area contributed by atoms with Gasteiger partial charge in [-0.3, -0.25) is 0 Å². The average molecular weight is 347 g/mol. The van der Waals surface area contributed by atoms with Gasteiger partial charge in [-0.05, 0) is 18.6 Å². The van der Waals surface area contributed by atoms with Gasteiger partial charge in [-0.15, -0.1) is 22.7 Å². The van der Waals surface area contributed by atoms with Gasteiger partial charge in [0.25, 0.3) is 6.33 Å². The highest BCUT2D eigenvalue weighted by Crippen LogP contribution is 2.47. The fraction of sp³-hybridized carbons (Fsp3) is 0.100. The monoisotopic (exact) mass is 347 g/mol. The van der Waals surface area contributed by atoms with Crippen LogP contribution in [0.2, 0.25) is 0 Å². The Labute approximate surface area is 147 Å². The third-order valence-electron chi connectivity index (χ3n) is 4.59. The highest BCUT2D eigenvalue weighted by atomic mass is 32.2. The van der Waals surface area contributed by atoms with E-state index >= 15 is 0 Å². The summed E-state index contributed by atoms with van der Waals surface area (Å²) in [5.74, 6) is 0. The number of benzene rings is 2. The molecule has 0 N–H and O–H groups in total. The van der Waals surface area contributed by atoms with Crippen molar-refractivity contribution in [2.24, 2.45) is 7.05 Å². The lowest BCUT2D eigenvalue weighted by atomic mass is 10.0. The first-order chi connectivity index (χ1) is 11.7. The number of hydrogen-bond acceptors (Lipinski definition) is 3. The Morgan fingerprint density at radius 1 is 0.958 bits per heavy atom. The van der Waals surface area contributed by atoms with Gasteiger partial charge in [0.15, 0.2) is 0 Å². The van der Waals surface area contributed by atoms with Crippen LogP contribution in [0.5, 0.6) is 0 Å². The first-order valence-electron chi connectivity index (χ1n) is 7.87. The van der Waals surface area contributed by atoms with Crippen LogP contribution < -0.4 is 4.57 Å². The molecule has 116 valence electrons. The van der Waals surface area contributed by atoms with Gasteiger partial charge in [0.1, 0.15) is 11.9 Å². The maximum Gasteiger partial charge on any atom is 0.286 e. The SMILES string of the molecule is Cc1ccc2c(sc3sc4ccccc4c32)c1-c1ccnc[n+]1C. The second kappa shape index (κ2) is 5.10. The lowest BCUT2D eigenvalue weighted by Gasteiger charge is -2.07. The maximum atomic E-state index is 4.22. The highest BCUT2D eigenvalue weighted by molar-refractivity contribution is 7.44. The van der Waals surface area contributed by atoms with Crippen LogP contribution in [-0.2, 0) is 7.05 Å². The molecule has 0 spiro atoms. The summed E-state index contributed by atoms with van der Waals surface area (Å²) < 4.78 is 6.27. The van der Waals surface area contributed by atoms with E-state index < -0.39 is 0 Å². The van der Waals surface area contributed by atoms with Gasteiger partial charge in [-0.25, -0.2) is 4.57 Å².